The summed E-state index contributed by atoms with van der Waals surface area (Å²) >= 11 is 13.7. The van der Waals surface area contributed by atoms with E-state index in [0.29, 0.717) is 45.9 Å². The van der Waals surface area contributed by atoms with Crippen molar-refractivity contribution in [1.82, 2.24) is 4.98 Å². The van der Waals surface area contributed by atoms with Gasteiger partial charge in [0.15, 0.2) is 11.7 Å². The number of thioether (sulfide) groups is 1. The summed E-state index contributed by atoms with van der Waals surface area (Å²) in [4.78, 5) is 17.5. The van der Waals surface area contributed by atoms with Crippen molar-refractivity contribution < 1.29 is 9.21 Å². The first-order valence-electron chi connectivity index (χ1n) is 8.85. The topological polar surface area (TPSA) is 78.9 Å². The minimum Gasteiger partial charge on any atom is -0.441 e. The number of halogens is 2. The van der Waals surface area contributed by atoms with Crippen LogP contribution >= 0.6 is 35.0 Å². The fraction of sp³-hybridized carbons (Fsp3) is 0.190. The van der Waals surface area contributed by atoms with E-state index in [1.54, 1.807) is 36.2 Å². The number of anilines is 1. The van der Waals surface area contributed by atoms with Crippen LogP contribution in [0.15, 0.2) is 58.0 Å². The lowest BCUT2D eigenvalue weighted by atomic mass is 10.2. The maximum Gasteiger partial charge on any atom is 0.224 e. The van der Waals surface area contributed by atoms with Crippen molar-refractivity contribution >= 4 is 46.6 Å². The summed E-state index contributed by atoms with van der Waals surface area (Å²) in [5.74, 6) is 1.53. The second-order valence-electron chi connectivity index (χ2n) is 6.04. The Morgan fingerprint density at radius 2 is 2.07 bits per heavy atom. The van der Waals surface area contributed by atoms with Crippen molar-refractivity contribution in [2.75, 3.05) is 11.1 Å². The molecule has 0 aliphatic heterocycles. The van der Waals surface area contributed by atoms with Gasteiger partial charge in [0, 0.05) is 40.5 Å². The molecule has 0 atom stereocenters. The first-order valence-corrected chi connectivity index (χ1v) is 10.6. The molecule has 148 valence electrons. The summed E-state index contributed by atoms with van der Waals surface area (Å²) < 4.78 is 5.73. The number of hydrogen-bond donors (Lipinski definition) is 1. The first-order chi connectivity index (χ1) is 14.1. The third-order valence-corrected chi connectivity index (χ3v) is 5.57. The van der Waals surface area contributed by atoms with Gasteiger partial charge in [0.25, 0.3) is 0 Å². The van der Waals surface area contributed by atoms with Gasteiger partial charge in [0.2, 0.25) is 5.91 Å². The van der Waals surface area contributed by atoms with Gasteiger partial charge in [-0.1, -0.05) is 35.3 Å². The summed E-state index contributed by atoms with van der Waals surface area (Å²) in [6, 6.07) is 14.8. The molecule has 0 fully saturated rings. The number of rotatable bonds is 8. The minimum atomic E-state index is -0.136. The van der Waals surface area contributed by atoms with Gasteiger partial charge in [0.1, 0.15) is 0 Å². The van der Waals surface area contributed by atoms with Crippen molar-refractivity contribution in [2.45, 2.75) is 24.2 Å². The third-order valence-electron chi connectivity index (χ3n) is 3.95. The highest BCUT2D eigenvalue weighted by Gasteiger charge is 2.13. The quantitative estimate of drug-likeness (QED) is 0.328. The Hall–Kier alpha value is -2.46. The van der Waals surface area contributed by atoms with Gasteiger partial charge >= 0.3 is 0 Å². The number of benzene rings is 2. The zero-order valence-corrected chi connectivity index (χ0v) is 17.7. The van der Waals surface area contributed by atoms with E-state index < -0.39 is 0 Å². The molecule has 0 saturated carbocycles. The molecule has 0 spiro atoms. The van der Waals surface area contributed by atoms with Crippen LogP contribution in [0.3, 0.4) is 0 Å². The molecular formula is C21H17Cl2N3O2S. The second kappa shape index (κ2) is 10.4. The second-order valence-corrected chi connectivity index (χ2v) is 8.02. The SMILES string of the molecule is N#CCCSc1ccccc1NC(=O)CCc1ncc(-c2ccc(Cl)cc2Cl)o1. The molecule has 5 nitrogen and oxygen atoms in total. The van der Waals surface area contributed by atoms with E-state index in [2.05, 4.69) is 16.4 Å². The first kappa shape index (κ1) is 21.3. The average molecular weight is 446 g/mol. The van der Waals surface area contributed by atoms with E-state index in [4.69, 9.17) is 32.9 Å². The van der Waals surface area contributed by atoms with Crippen LogP contribution in [0.1, 0.15) is 18.7 Å². The van der Waals surface area contributed by atoms with Crippen LogP contribution in [-0.2, 0) is 11.2 Å². The lowest BCUT2D eigenvalue weighted by Gasteiger charge is -2.09. The van der Waals surface area contributed by atoms with Gasteiger partial charge in [-0.3, -0.25) is 4.79 Å². The van der Waals surface area contributed by atoms with Crippen LogP contribution in [0, 0.1) is 11.3 Å². The Morgan fingerprint density at radius 3 is 2.86 bits per heavy atom. The van der Waals surface area contributed by atoms with Gasteiger partial charge in [-0.2, -0.15) is 5.26 Å². The lowest BCUT2D eigenvalue weighted by molar-refractivity contribution is -0.116. The molecule has 0 aliphatic rings. The Bertz CT molecular complexity index is 1050. The molecule has 1 amide bonds. The van der Waals surface area contributed by atoms with Gasteiger partial charge < -0.3 is 9.73 Å². The van der Waals surface area contributed by atoms with Gasteiger partial charge in [0.05, 0.1) is 23.0 Å². The molecule has 0 bridgehead atoms. The molecule has 29 heavy (non-hydrogen) atoms. The number of para-hydroxylation sites is 1. The summed E-state index contributed by atoms with van der Waals surface area (Å²) in [6.07, 6.45) is 2.63. The zero-order chi connectivity index (χ0) is 20.6. The van der Waals surface area contributed by atoms with Gasteiger partial charge in [-0.15, -0.1) is 11.8 Å². The summed E-state index contributed by atoms with van der Waals surface area (Å²) in [7, 11) is 0. The van der Waals surface area contributed by atoms with E-state index in [1.165, 1.54) is 0 Å². The number of aryl methyl sites for hydroxylation is 1. The highest BCUT2D eigenvalue weighted by molar-refractivity contribution is 7.99. The smallest absolute Gasteiger partial charge is 0.224 e. The lowest BCUT2D eigenvalue weighted by Crippen LogP contribution is -2.13. The number of carbonyl (C=O) groups excluding carboxylic acids is 1. The molecule has 8 heteroatoms. The highest BCUT2D eigenvalue weighted by Crippen LogP contribution is 2.31. The molecule has 3 rings (SSSR count). The van der Waals surface area contributed by atoms with Gasteiger partial charge in [-0.25, -0.2) is 4.98 Å². The third kappa shape index (κ3) is 6.01. The number of carbonyl (C=O) groups is 1. The highest BCUT2D eigenvalue weighted by atomic mass is 35.5. The number of hydrogen-bond acceptors (Lipinski definition) is 5. The van der Waals surface area contributed by atoms with E-state index in [9.17, 15) is 4.79 Å². The molecule has 0 saturated heterocycles. The van der Waals surface area contributed by atoms with Crippen LogP contribution in [0.2, 0.25) is 10.0 Å². The molecule has 0 unspecified atom stereocenters. The fourth-order valence-corrected chi connectivity index (χ4v) is 3.94. The Labute approximate surface area is 183 Å². The van der Waals surface area contributed by atoms with Crippen molar-refractivity contribution in [3.05, 3.63) is 64.6 Å². The molecule has 1 heterocycles. The van der Waals surface area contributed by atoms with Crippen molar-refractivity contribution in [3.63, 3.8) is 0 Å². The monoisotopic (exact) mass is 445 g/mol. The molecule has 1 N–H and O–H groups in total. The van der Waals surface area contributed by atoms with Crippen LogP contribution in [0.5, 0.6) is 0 Å². The summed E-state index contributed by atoms with van der Waals surface area (Å²) in [5.41, 5.74) is 1.43. The maximum atomic E-state index is 12.4. The van der Waals surface area contributed by atoms with Crippen molar-refractivity contribution in [2.24, 2.45) is 0 Å². The number of aromatic nitrogens is 1. The molecule has 2 aromatic carbocycles. The van der Waals surface area contributed by atoms with Crippen LogP contribution in [0.4, 0.5) is 5.69 Å². The minimum absolute atomic E-state index is 0.136. The Morgan fingerprint density at radius 1 is 1.24 bits per heavy atom. The largest absolute Gasteiger partial charge is 0.441 e. The van der Waals surface area contributed by atoms with Crippen LogP contribution in [0.25, 0.3) is 11.3 Å². The Kier molecular flexibility index (Phi) is 7.59. The molecule has 3 aromatic rings. The number of nitriles is 1. The van der Waals surface area contributed by atoms with Crippen molar-refractivity contribution in [1.29, 1.82) is 5.26 Å². The molecular weight excluding hydrogens is 429 g/mol. The van der Waals surface area contributed by atoms with E-state index in [1.807, 2.05) is 24.3 Å². The maximum absolute atomic E-state index is 12.4. The normalized spacial score (nSPS) is 10.5. The van der Waals surface area contributed by atoms with E-state index >= 15 is 0 Å². The molecule has 0 aliphatic carbocycles. The van der Waals surface area contributed by atoms with E-state index in [0.717, 1.165) is 10.6 Å². The summed E-state index contributed by atoms with van der Waals surface area (Å²) in [5, 5.41) is 12.6. The number of amides is 1. The Balaban J connectivity index is 1.58. The van der Waals surface area contributed by atoms with E-state index in [-0.39, 0.29) is 12.3 Å². The predicted octanol–water partition coefficient (Wildman–Crippen LogP) is 6.23. The average Bonchev–Trinajstić information content (AvgIpc) is 3.16. The zero-order valence-electron chi connectivity index (χ0n) is 15.3. The molecule has 1 aromatic heterocycles. The predicted molar refractivity (Wildman–Crippen MR) is 116 cm³/mol. The molecule has 0 radical (unpaired) electrons. The van der Waals surface area contributed by atoms with Crippen LogP contribution in [-0.4, -0.2) is 16.6 Å². The van der Waals surface area contributed by atoms with Crippen molar-refractivity contribution in [3.8, 4) is 17.4 Å². The number of nitrogens with one attached hydrogen (secondary N) is 1. The standard InChI is InChI=1S/C21H17Cl2N3O2S/c22-14-6-7-15(16(23)12-14)18-13-25-21(28-18)9-8-20(27)26-17-4-1-2-5-19(17)29-11-3-10-24/h1-2,4-7,12-13H,3,8-9,11H2,(H,26,27). The summed E-state index contributed by atoms with van der Waals surface area (Å²) in [6.45, 7) is 0. The number of oxazole rings is 1. The fourth-order valence-electron chi connectivity index (χ4n) is 2.58. The van der Waals surface area contributed by atoms with Gasteiger partial charge in [-0.05, 0) is 30.3 Å². The number of nitrogens with zero attached hydrogens (tertiary/aromatic N) is 2. The van der Waals surface area contributed by atoms with Crippen LogP contribution < -0.4 is 5.32 Å².